The highest BCUT2D eigenvalue weighted by Gasteiger charge is 2.19. The van der Waals surface area contributed by atoms with Crippen LogP contribution in [0.25, 0.3) is 23.0 Å². The number of carbonyl (C=O) groups excluding carboxylic acids is 1. The molecule has 4 rings (SSSR count). The van der Waals surface area contributed by atoms with Crippen molar-refractivity contribution < 1.29 is 9.69 Å². The smallest absolute Gasteiger partial charge is 0.246 e. The number of rotatable bonds is 4. The van der Waals surface area contributed by atoms with Gasteiger partial charge in [0.25, 0.3) is 0 Å². The molecule has 3 aromatic rings. The van der Waals surface area contributed by atoms with Gasteiger partial charge in [0.2, 0.25) is 5.91 Å². The average Bonchev–Trinajstić information content (AvgIpc) is 3.18. The third-order valence-corrected chi connectivity index (χ3v) is 5.14. The molecule has 1 aromatic heterocycles. The van der Waals surface area contributed by atoms with Gasteiger partial charge >= 0.3 is 0 Å². The van der Waals surface area contributed by atoms with E-state index in [0.717, 1.165) is 48.7 Å². The van der Waals surface area contributed by atoms with Crippen molar-refractivity contribution in [3.8, 4) is 16.9 Å². The number of quaternary nitrogens is 1. The number of hydrogen-bond acceptors (Lipinski definition) is 2. The number of carbonyl (C=O) groups is 1. The van der Waals surface area contributed by atoms with E-state index in [1.165, 1.54) is 4.90 Å². The zero-order valence-corrected chi connectivity index (χ0v) is 16.1. The van der Waals surface area contributed by atoms with E-state index in [-0.39, 0.29) is 5.91 Å². The molecule has 0 bridgehead atoms. The Morgan fingerprint density at radius 1 is 1.00 bits per heavy atom. The summed E-state index contributed by atoms with van der Waals surface area (Å²) in [6, 6.07) is 20.1. The van der Waals surface area contributed by atoms with E-state index in [4.69, 9.17) is 5.10 Å². The quantitative estimate of drug-likeness (QED) is 0.710. The van der Waals surface area contributed by atoms with E-state index in [2.05, 4.69) is 7.05 Å². The van der Waals surface area contributed by atoms with Crippen LogP contribution in [0.2, 0.25) is 0 Å². The molecule has 1 aliphatic rings. The Bertz CT molecular complexity index is 955. The fourth-order valence-electron chi connectivity index (χ4n) is 3.42. The van der Waals surface area contributed by atoms with Crippen molar-refractivity contribution in [3.05, 3.63) is 78.5 Å². The molecule has 1 N–H and O–H groups in total. The molecule has 2 aromatic carbocycles. The Kier molecular flexibility index (Phi) is 5.35. The standard InChI is InChI=1S/C23H24N4O/c1-25-14-16-26(17-15-25)22(28)13-12-20-18-27(21-10-6-3-7-11-21)24-23(20)19-8-4-2-5-9-19/h2-13,18H,14-17H2,1H3/p+1/b13-12+. The Hall–Kier alpha value is -3.18. The summed E-state index contributed by atoms with van der Waals surface area (Å²) in [5.74, 6) is 0.0685. The maximum Gasteiger partial charge on any atom is 0.246 e. The minimum Gasteiger partial charge on any atom is -0.334 e. The molecule has 1 amide bonds. The van der Waals surface area contributed by atoms with E-state index >= 15 is 0 Å². The maximum absolute atomic E-state index is 12.6. The zero-order valence-electron chi connectivity index (χ0n) is 16.1. The highest BCUT2D eigenvalue weighted by molar-refractivity contribution is 5.93. The molecule has 1 fully saturated rings. The molecule has 0 atom stereocenters. The zero-order chi connectivity index (χ0) is 19.3. The first-order chi connectivity index (χ1) is 13.7. The number of para-hydroxylation sites is 1. The summed E-state index contributed by atoms with van der Waals surface area (Å²) >= 11 is 0. The van der Waals surface area contributed by atoms with Gasteiger partial charge in [-0.2, -0.15) is 5.10 Å². The minimum atomic E-state index is 0.0685. The molecule has 0 saturated carbocycles. The van der Waals surface area contributed by atoms with Crippen LogP contribution >= 0.6 is 0 Å². The van der Waals surface area contributed by atoms with Gasteiger partial charge in [0, 0.05) is 23.4 Å². The van der Waals surface area contributed by atoms with Crippen LogP contribution in [0.1, 0.15) is 5.56 Å². The van der Waals surface area contributed by atoms with E-state index in [1.54, 1.807) is 6.08 Å². The van der Waals surface area contributed by atoms with Crippen LogP contribution in [-0.4, -0.2) is 53.8 Å². The molecule has 0 aliphatic carbocycles. The summed E-state index contributed by atoms with van der Waals surface area (Å²) in [6.07, 6.45) is 5.55. The maximum atomic E-state index is 12.6. The first-order valence-electron chi connectivity index (χ1n) is 9.69. The lowest BCUT2D eigenvalue weighted by Gasteiger charge is -2.29. The topological polar surface area (TPSA) is 42.6 Å². The van der Waals surface area contributed by atoms with Crippen molar-refractivity contribution in [1.29, 1.82) is 0 Å². The van der Waals surface area contributed by atoms with Crippen LogP contribution in [0.4, 0.5) is 0 Å². The first-order valence-corrected chi connectivity index (χ1v) is 9.69. The lowest BCUT2D eigenvalue weighted by Crippen LogP contribution is -3.12. The van der Waals surface area contributed by atoms with Crippen LogP contribution in [0.3, 0.4) is 0 Å². The molecule has 5 nitrogen and oxygen atoms in total. The number of amides is 1. The molecule has 0 unspecified atom stereocenters. The van der Waals surface area contributed by atoms with Gasteiger partial charge in [0.05, 0.1) is 44.6 Å². The third-order valence-electron chi connectivity index (χ3n) is 5.14. The predicted molar refractivity (Wildman–Crippen MR) is 111 cm³/mol. The molecule has 2 heterocycles. The highest BCUT2D eigenvalue weighted by Crippen LogP contribution is 2.24. The molecule has 1 saturated heterocycles. The number of aromatic nitrogens is 2. The van der Waals surface area contributed by atoms with Crippen LogP contribution in [0.5, 0.6) is 0 Å². The van der Waals surface area contributed by atoms with Crippen molar-refractivity contribution in [3.63, 3.8) is 0 Å². The number of likely N-dealkylation sites (N-methyl/N-ethyl adjacent to an activating group) is 1. The molecule has 5 heteroatoms. The van der Waals surface area contributed by atoms with Crippen LogP contribution < -0.4 is 4.90 Å². The average molecular weight is 373 g/mol. The summed E-state index contributed by atoms with van der Waals surface area (Å²) in [4.78, 5) is 16.0. The lowest BCUT2D eigenvalue weighted by molar-refractivity contribution is -0.883. The molecule has 142 valence electrons. The summed E-state index contributed by atoms with van der Waals surface area (Å²) in [5, 5.41) is 4.79. The number of nitrogens with zero attached hydrogens (tertiary/aromatic N) is 3. The number of nitrogens with one attached hydrogen (secondary N) is 1. The fraction of sp³-hybridized carbons (Fsp3) is 0.217. The van der Waals surface area contributed by atoms with Gasteiger partial charge in [-0.15, -0.1) is 0 Å². The first kappa shape index (κ1) is 18.2. The van der Waals surface area contributed by atoms with Gasteiger partial charge in [-0.3, -0.25) is 4.79 Å². The van der Waals surface area contributed by atoms with Gasteiger partial charge in [0.1, 0.15) is 0 Å². The summed E-state index contributed by atoms with van der Waals surface area (Å²) in [7, 11) is 2.17. The second kappa shape index (κ2) is 8.23. The van der Waals surface area contributed by atoms with Gasteiger partial charge in [0.15, 0.2) is 0 Å². The van der Waals surface area contributed by atoms with Crippen molar-refractivity contribution in [2.24, 2.45) is 0 Å². The normalized spacial score (nSPS) is 15.2. The molecule has 28 heavy (non-hydrogen) atoms. The predicted octanol–water partition coefficient (Wildman–Crippen LogP) is 1.91. The minimum absolute atomic E-state index is 0.0685. The Morgan fingerprint density at radius 2 is 1.64 bits per heavy atom. The van der Waals surface area contributed by atoms with E-state index in [1.807, 2.05) is 82.5 Å². The van der Waals surface area contributed by atoms with Crippen molar-refractivity contribution in [2.45, 2.75) is 0 Å². The van der Waals surface area contributed by atoms with E-state index in [9.17, 15) is 4.79 Å². The Labute approximate surface area is 165 Å². The molecular formula is C23H25N4O+. The SMILES string of the molecule is C[NH+]1CCN(C(=O)/C=C/c2cn(-c3ccccc3)nc2-c2ccccc2)CC1. The van der Waals surface area contributed by atoms with Crippen LogP contribution in [0, 0.1) is 0 Å². The summed E-state index contributed by atoms with van der Waals surface area (Å²) < 4.78 is 1.87. The second-order valence-electron chi connectivity index (χ2n) is 7.19. The van der Waals surface area contributed by atoms with Gasteiger partial charge < -0.3 is 9.80 Å². The van der Waals surface area contributed by atoms with Gasteiger partial charge in [-0.25, -0.2) is 4.68 Å². The fourth-order valence-corrected chi connectivity index (χ4v) is 3.42. The monoisotopic (exact) mass is 373 g/mol. The van der Waals surface area contributed by atoms with Crippen LogP contribution in [-0.2, 0) is 4.79 Å². The largest absolute Gasteiger partial charge is 0.334 e. The Morgan fingerprint density at radius 3 is 2.32 bits per heavy atom. The number of benzene rings is 2. The van der Waals surface area contributed by atoms with Gasteiger partial charge in [-0.05, 0) is 18.2 Å². The van der Waals surface area contributed by atoms with Crippen molar-refractivity contribution in [2.75, 3.05) is 33.2 Å². The molecule has 0 spiro atoms. The highest BCUT2D eigenvalue weighted by atomic mass is 16.2. The number of piperazine rings is 1. The van der Waals surface area contributed by atoms with Crippen molar-refractivity contribution >= 4 is 12.0 Å². The molecule has 0 radical (unpaired) electrons. The summed E-state index contributed by atoms with van der Waals surface area (Å²) in [5.41, 5.74) is 3.83. The Balaban J connectivity index is 1.63. The van der Waals surface area contributed by atoms with E-state index < -0.39 is 0 Å². The molecule has 1 aliphatic heterocycles. The third kappa shape index (κ3) is 4.05. The number of hydrogen-bond donors (Lipinski definition) is 1. The van der Waals surface area contributed by atoms with Crippen LogP contribution in [0.15, 0.2) is 72.9 Å². The molecular weight excluding hydrogens is 348 g/mol. The summed E-state index contributed by atoms with van der Waals surface area (Å²) in [6.45, 7) is 3.62. The van der Waals surface area contributed by atoms with E-state index in [0.29, 0.717) is 0 Å². The lowest BCUT2D eigenvalue weighted by atomic mass is 10.1. The van der Waals surface area contributed by atoms with Gasteiger partial charge in [-0.1, -0.05) is 48.5 Å². The van der Waals surface area contributed by atoms with Crippen molar-refractivity contribution in [1.82, 2.24) is 14.7 Å². The second-order valence-corrected chi connectivity index (χ2v) is 7.19.